The smallest absolute Gasteiger partial charge is 0.191 e. The molecule has 0 radical (unpaired) electrons. The normalized spacial score (nSPS) is 11.8. The Labute approximate surface area is 171 Å². The monoisotopic (exact) mass is 461 g/mol. The molecular formula is C19H36IN5. The minimum absolute atomic E-state index is 0. The Balaban J connectivity index is 0.00000576. The number of halogens is 1. The molecule has 1 heterocycles. The van der Waals surface area contributed by atoms with Crippen LogP contribution in [0, 0.1) is 6.92 Å². The van der Waals surface area contributed by atoms with Gasteiger partial charge in [0.05, 0.1) is 12.2 Å². The van der Waals surface area contributed by atoms with E-state index in [9.17, 15) is 0 Å². The summed E-state index contributed by atoms with van der Waals surface area (Å²) < 4.78 is 0. The summed E-state index contributed by atoms with van der Waals surface area (Å²) in [5.74, 6) is 0.862. The van der Waals surface area contributed by atoms with Gasteiger partial charge in [-0.2, -0.15) is 0 Å². The van der Waals surface area contributed by atoms with Gasteiger partial charge in [-0.3, -0.25) is 9.88 Å². The number of nitrogens with zero attached hydrogens (tertiary/aromatic N) is 3. The van der Waals surface area contributed by atoms with Gasteiger partial charge < -0.3 is 10.6 Å². The maximum atomic E-state index is 4.63. The fourth-order valence-electron chi connectivity index (χ4n) is 2.77. The first-order valence-electron chi connectivity index (χ1n) is 9.14. The molecule has 0 unspecified atom stereocenters. The zero-order valence-electron chi connectivity index (χ0n) is 16.7. The number of rotatable bonds is 9. The highest BCUT2D eigenvalue weighted by atomic mass is 127. The van der Waals surface area contributed by atoms with Gasteiger partial charge in [-0.15, -0.1) is 24.0 Å². The van der Waals surface area contributed by atoms with E-state index in [-0.39, 0.29) is 24.0 Å². The van der Waals surface area contributed by atoms with Crippen LogP contribution in [0.4, 0.5) is 0 Å². The van der Waals surface area contributed by atoms with Gasteiger partial charge in [0.15, 0.2) is 5.96 Å². The number of nitrogens with one attached hydrogen (secondary N) is 2. The van der Waals surface area contributed by atoms with Crippen LogP contribution in [0.15, 0.2) is 23.2 Å². The molecule has 0 aliphatic heterocycles. The lowest BCUT2D eigenvalue weighted by Gasteiger charge is -2.30. The van der Waals surface area contributed by atoms with Gasteiger partial charge in [-0.1, -0.05) is 6.07 Å². The minimum Gasteiger partial charge on any atom is -0.357 e. The summed E-state index contributed by atoms with van der Waals surface area (Å²) in [6, 6.07) is 7.22. The van der Waals surface area contributed by atoms with Crippen molar-refractivity contribution in [2.45, 2.75) is 66.6 Å². The van der Waals surface area contributed by atoms with E-state index in [1.807, 2.05) is 25.1 Å². The van der Waals surface area contributed by atoms with Crippen LogP contribution in [0.25, 0.3) is 0 Å². The number of pyridine rings is 1. The first-order valence-corrected chi connectivity index (χ1v) is 9.14. The van der Waals surface area contributed by atoms with E-state index in [2.05, 4.69) is 60.1 Å². The number of aromatic nitrogens is 1. The zero-order chi connectivity index (χ0) is 17.9. The lowest BCUT2D eigenvalue weighted by atomic mass is 10.2. The van der Waals surface area contributed by atoms with Crippen molar-refractivity contribution >= 4 is 29.9 Å². The molecule has 1 rings (SSSR count). The molecule has 0 aromatic carbocycles. The van der Waals surface area contributed by atoms with Crippen LogP contribution in [0.5, 0.6) is 0 Å². The van der Waals surface area contributed by atoms with Crippen molar-refractivity contribution in [1.82, 2.24) is 20.5 Å². The van der Waals surface area contributed by atoms with E-state index in [0.717, 1.165) is 43.4 Å². The van der Waals surface area contributed by atoms with Crippen LogP contribution in [0.2, 0.25) is 0 Å². The quantitative estimate of drug-likeness (QED) is 0.256. The van der Waals surface area contributed by atoms with Gasteiger partial charge in [-0.05, 0) is 60.1 Å². The summed E-state index contributed by atoms with van der Waals surface area (Å²) in [5.41, 5.74) is 2.03. The maximum absolute atomic E-state index is 4.63. The minimum atomic E-state index is 0. The predicted octanol–water partition coefficient (Wildman–Crippen LogP) is 3.57. The van der Waals surface area contributed by atoms with Crippen molar-refractivity contribution in [1.29, 1.82) is 0 Å². The predicted molar refractivity (Wildman–Crippen MR) is 119 cm³/mol. The van der Waals surface area contributed by atoms with E-state index < -0.39 is 0 Å². The molecule has 0 amide bonds. The van der Waals surface area contributed by atoms with Gasteiger partial charge in [0.2, 0.25) is 0 Å². The largest absolute Gasteiger partial charge is 0.357 e. The van der Waals surface area contributed by atoms with Crippen LogP contribution < -0.4 is 10.6 Å². The van der Waals surface area contributed by atoms with E-state index in [1.54, 1.807) is 0 Å². The number of hydrogen-bond donors (Lipinski definition) is 2. The molecule has 0 fully saturated rings. The Bertz CT molecular complexity index is 494. The molecule has 0 atom stereocenters. The average molecular weight is 461 g/mol. The molecule has 0 saturated carbocycles. The zero-order valence-corrected chi connectivity index (χ0v) is 19.0. The Morgan fingerprint density at radius 1 is 1.16 bits per heavy atom. The molecule has 1 aromatic rings. The fourth-order valence-corrected chi connectivity index (χ4v) is 2.77. The Morgan fingerprint density at radius 3 is 2.40 bits per heavy atom. The van der Waals surface area contributed by atoms with E-state index in [0.29, 0.717) is 18.6 Å². The molecule has 144 valence electrons. The third-order valence-corrected chi connectivity index (χ3v) is 3.90. The first kappa shape index (κ1) is 24.1. The lowest BCUT2D eigenvalue weighted by Crippen LogP contribution is -2.41. The van der Waals surface area contributed by atoms with Crippen molar-refractivity contribution in [3.63, 3.8) is 0 Å². The highest BCUT2D eigenvalue weighted by Crippen LogP contribution is 2.05. The second-order valence-electron chi connectivity index (χ2n) is 6.67. The molecule has 0 aliphatic carbocycles. The fraction of sp³-hybridized carbons (Fsp3) is 0.684. The summed E-state index contributed by atoms with van der Waals surface area (Å²) in [7, 11) is 0. The number of aliphatic imine (C=N–C) groups is 1. The van der Waals surface area contributed by atoms with Crippen LogP contribution >= 0.6 is 24.0 Å². The second kappa shape index (κ2) is 13.3. The van der Waals surface area contributed by atoms with Crippen molar-refractivity contribution in [3.05, 3.63) is 29.6 Å². The number of aryl methyl sites for hydroxylation is 1. The molecular weight excluding hydrogens is 425 g/mol. The highest BCUT2D eigenvalue weighted by molar-refractivity contribution is 14.0. The van der Waals surface area contributed by atoms with Crippen LogP contribution in [-0.4, -0.2) is 47.6 Å². The molecule has 25 heavy (non-hydrogen) atoms. The number of hydrogen-bond acceptors (Lipinski definition) is 3. The lowest BCUT2D eigenvalue weighted by molar-refractivity contribution is 0.173. The van der Waals surface area contributed by atoms with Crippen LogP contribution in [0.3, 0.4) is 0 Å². The van der Waals surface area contributed by atoms with Gasteiger partial charge >= 0.3 is 0 Å². The maximum Gasteiger partial charge on any atom is 0.191 e. The summed E-state index contributed by atoms with van der Waals surface area (Å²) in [4.78, 5) is 11.6. The van der Waals surface area contributed by atoms with Crippen molar-refractivity contribution in [2.75, 3.05) is 19.6 Å². The topological polar surface area (TPSA) is 52.6 Å². The Morgan fingerprint density at radius 2 is 1.84 bits per heavy atom. The molecule has 5 nitrogen and oxygen atoms in total. The summed E-state index contributed by atoms with van der Waals surface area (Å²) in [5, 5.41) is 6.72. The van der Waals surface area contributed by atoms with Gasteiger partial charge in [0.1, 0.15) is 0 Å². The average Bonchev–Trinajstić information content (AvgIpc) is 2.51. The van der Waals surface area contributed by atoms with E-state index >= 15 is 0 Å². The number of guanidine groups is 1. The molecule has 0 bridgehead atoms. The Kier molecular flexibility index (Phi) is 12.9. The first-order chi connectivity index (χ1) is 11.4. The van der Waals surface area contributed by atoms with E-state index in [1.165, 1.54) is 0 Å². The molecule has 0 aliphatic rings. The standard InChI is InChI=1S/C19H35N5.HI/c1-7-20-19(22-14-18-11-8-10-17(6)23-18)21-12-9-13-24(15(2)3)16(4)5;/h8,10-11,15-16H,7,9,12-14H2,1-6H3,(H2,20,21,22);1H. The highest BCUT2D eigenvalue weighted by Gasteiger charge is 2.12. The van der Waals surface area contributed by atoms with Crippen LogP contribution in [0.1, 0.15) is 52.4 Å². The van der Waals surface area contributed by atoms with Gasteiger partial charge in [-0.25, -0.2) is 4.99 Å². The second-order valence-corrected chi connectivity index (χ2v) is 6.67. The van der Waals surface area contributed by atoms with Gasteiger partial charge in [0.25, 0.3) is 0 Å². The molecule has 2 N–H and O–H groups in total. The van der Waals surface area contributed by atoms with Crippen molar-refractivity contribution in [3.8, 4) is 0 Å². The summed E-state index contributed by atoms with van der Waals surface area (Å²) >= 11 is 0. The third kappa shape index (κ3) is 9.99. The third-order valence-electron chi connectivity index (χ3n) is 3.90. The SMILES string of the molecule is CCNC(=NCc1cccc(C)n1)NCCCN(C(C)C)C(C)C.I. The molecule has 0 saturated heterocycles. The Hall–Kier alpha value is -0.890. The molecule has 1 aromatic heterocycles. The van der Waals surface area contributed by atoms with Gasteiger partial charge in [0, 0.05) is 37.4 Å². The summed E-state index contributed by atoms with van der Waals surface area (Å²) in [6.07, 6.45) is 1.10. The van der Waals surface area contributed by atoms with E-state index in [4.69, 9.17) is 0 Å². The van der Waals surface area contributed by atoms with Crippen LogP contribution in [-0.2, 0) is 6.54 Å². The molecule has 0 spiro atoms. The summed E-state index contributed by atoms with van der Waals surface area (Å²) in [6.45, 7) is 16.6. The van der Waals surface area contributed by atoms with Crippen molar-refractivity contribution < 1.29 is 0 Å². The molecule has 6 heteroatoms. The van der Waals surface area contributed by atoms with Crippen molar-refractivity contribution in [2.24, 2.45) is 4.99 Å².